The molecule has 0 aromatic heterocycles. The molecule has 19 heavy (non-hydrogen) atoms. The molecule has 0 aliphatic heterocycles. The molecule has 0 radical (unpaired) electrons. The molecule has 0 unspecified atom stereocenters. The number of aliphatic carboxylic acids is 1. The quantitative estimate of drug-likeness (QED) is 0.644. The maximum atomic E-state index is 11.8. The van der Waals surface area contributed by atoms with E-state index in [9.17, 15) is 9.59 Å². The molecule has 0 heterocycles. The van der Waals surface area contributed by atoms with E-state index in [1.54, 1.807) is 6.08 Å². The van der Waals surface area contributed by atoms with Crippen molar-refractivity contribution in [1.29, 1.82) is 0 Å². The van der Waals surface area contributed by atoms with E-state index in [-0.39, 0.29) is 27.1 Å². The normalized spacial score (nSPS) is 10.7. The van der Waals surface area contributed by atoms with Crippen molar-refractivity contribution >= 4 is 35.0 Å². The van der Waals surface area contributed by atoms with Crippen LogP contribution in [0.25, 0.3) is 0 Å². The zero-order valence-electron chi connectivity index (χ0n) is 10.2. The molecule has 0 saturated carbocycles. The van der Waals surface area contributed by atoms with Crippen LogP contribution >= 0.6 is 23.2 Å². The van der Waals surface area contributed by atoms with Crippen molar-refractivity contribution < 1.29 is 19.4 Å². The number of benzene rings is 1. The second-order valence-corrected chi connectivity index (χ2v) is 4.35. The Balaban J connectivity index is 3.00. The van der Waals surface area contributed by atoms with Crippen LogP contribution in [0, 0.1) is 0 Å². The van der Waals surface area contributed by atoms with E-state index in [0.29, 0.717) is 0 Å². The highest BCUT2D eigenvalue weighted by molar-refractivity contribution is 6.45. The average molecular weight is 303 g/mol. The summed E-state index contributed by atoms with van der Waals surface area (Å²) in [7, 11) is 0. The molecule has 1 N–H and O–H groups in total. The smallest absolute Gasteiger partial charge is 0.341 e. The maximum absolute atomic E-state index is 11.8. The maximum Gasteiger partial charge on any atom is 0.341 e. The van der Waals surface area contributed by atoms with Crippen LogP contribution in [-0.4, -0.2) is 23.5 Å². The number of carbonyl (C=O) groups is 2. The first-order chi connectivity index (χ1) is 8.97. The number of carboxylic acids is 1. The number of hydrogen-bond donors (Lipinski definition) is 1. The van der Waals surface area contributed by atoms with Crippen LogP contribution in [0.2, 0.25) is 10.0 Å². The Morgan fingerprint density at radius 3 is 2.58 bits per heavy atom. The number of halogens is 2. The summed E-state index contributed by atoms with van der Waals surface area (Å²) in [6, 6.07) is 2.87. The molecule has 0 spiro atoms. The molecule has 0 aliphatic rings. The fourth-order valence-electron chi connectivity index (χ4n) is 1.29. The van der Waals surface area contributed by atoms with Crippen LogP contribution in [0.15, 0.2) is 24.3 Å². The lowest BCUT2D eigenvalue weighted by Gasteiger charge is -2.09. The molecule has 0 bridgehead atoms. The van der Waals surface area contributed by atoms with Gasteiger partial charge in [0.15, 0.2) is 12.4 Å². The van der Waals surface area contributed by atoms with Crippen LogP contribution in [-0.2, 0) is 4.79 Å². The lowest BCUT2D eigenvalue weighted by Crippen LogP contribution is -2.10. The summed E-state index contributed by atoms with van der Waals surface area (Å²) in [5, 5.41) is 8.59. The fourth-order valence-corrected chi connectivity index (χ4v) is 1.76. The molecular weight excluding hydrogens is 291 g/mol. The van der Waals surface area contributed by atoms with Crippen LogP contribution in [0.4, 0.5) is 0 Å². The van der Waals surface area contributed by atoms with Gasteiger partial charge in [-0.15, -0.1) is 0 Å². The predicted molar refractivity (Wildman–Crippen MR) is 73.4 cm³/mol. The minimum Gasteiger partial charge on any atom is -0.480 e. The SMILES string of the molecule is CC/C=C/C(=O)c1ccc(OCC(=O)O)c(Cl)c1Cl. The van der Waals surface area contributed by atoms with E-state index in [0.717, 1.165) is 6.42 Å². The minimum absolute atomic E-state index is 0.0265. The van der Waals surface area contributed by atoms with Crippen molar-refractivity contribution in [3.8, 4) is 5.75 Å². The lowest BCUT2D eigenvalue weighted by atomic mass is 10.1. The van der Waals surface area contributed by atoms with Gasteiger partial charge in [0.25, 0.3) is 0 Å². The minimum atomic E-state index is -1.13. The highest BCUT2D eigenvalue weighted by Gasteiger charge is 2.15. The van der Waals surface area contributed by atoms with Gasteiger partial charge in [-0.25, -0.2) is 4.79 Å². The van der Waals surface area contributed by atoms with Crippen molar-refractivity contribution in [2.24, 2.45) is 0 Å². The van der Waals surface area contributed by atoms with Crippen molar-refractivity contribution in [1.82, 2.24) is 0 Å². The largest absolute Gasteiger partial charge is 0.480 e. The van der Waals surface area contributed by atoms with E-state index >= 15 is 0 Å². The first-order valence-corrected chi connectivity index (χ1v) is 6.26. The lowest BCUT2D eigenvalue weighted by molar-refractivity contribution is -0.139. The monoisotopic (exact) mass is 302 g/mol. The molecule has 0 atom stereocenters. The molecule has 102 valence electrons. The first kappa shape index (κ1) is 15.5. The third-order valence-corrected chi connectivity index (χ3v) is 3.03. The summed E-state index contributed by atoms with van der Waals surface area (Å²) < 4.78 is 4.95. The highest BCUT2D eigenvalue weighted by Crippen LogP contribution is 2.35. The van der Waals surface area contributed by atoms with Gasteiger partial charge < -0.3 is 9.84 Å². The van der Waals surface area contributed by atoms with Crippen LogP contribution in [0.3, 0.4) is 0 Å². The number of ether oxygens (including phenoxy) is 1. The second-order valence-electron chi connectivity index (χ2n) is 3.60. The molecule has 1 aromatic carbocycles. The second kappa shape index (κ2) is 7.16. The topological polar surface area (TPSA) is 63.6 Å². The van der Waals surface area contributed by atoms with Crippen molar-refractivity contribution in [2.45, 2.75) is 13.3 Å². The van der Waals surface area contributed by atoms with Gasteiger partial charge in [0.2, 0.25) is 0 Å². The third-order valence-electron chi connectivity index (χ3n) is 2.17. The van der Waals surface area contributed by atoms with Gasteiger partial charge in [0.05, 0.1) is 5.02 Å². The molecule has 4 nitrogen and oxygen atoms in total. The van der Waals surface area contributed by atoms with Crippen molar-refractivity contribution in [2.75, 3.05) is 6.61 Å². The average Bonchev–Trinajstić information content (AvgIpc) is 2.37. The zero-order chi connectivity index (χ0) is 14.4. The molecule has 1 aromatic rings. The van der Waals surface area contributed by atoms with Crippen molar-refractivity contribution in [3.63, 3.8) is 0 Å². The molecular formula is C13H12Cl2O4. The highest BCUT2D eigenvalue weighted by atomic mass is 35.5. The molecule has 0 fully saturated rings. The van der Waals surface area contributed by atoms with E-state index in [1.807, 2.05) is 6.92 Å². The molecule has 0 amide bonds. The van der Waals surface area contributed by atoms with Gasteiger partial charge in [-0.2, -0.15) is 0 Å². The van der Waals surface area contributed by atoms with Gasteiger partial charge in [-0.3, -0.25) is 4.79 Å². The van der Waals surface area contributed by atoms with Crippen LogP contribution in [0.1, 0.15) is 23.7 Å². The molecule has 0 saturated heterocycles. The first-order valence-electron chi connectivity index (χ1n) is 5.50. The number of ketones is 1. The Kier molecular flexibility index (Phi) is 5.86. The Morgan fingerprint density at radius 2 is 2.00 bits per heavy atom. The summed E-state index contributed by atoms with van der Waals surface area (Å²) in [6.07, 6.45) is 3.85. The Morgan fingerprint density at radius 1 is 1.32 bits per heavy atom. The van der Waals surface area contributed by atoms with Gasteiger partial charge in [0, 0.05) is 5.56 Å². The summed E-state index contributed by atoms with van der Waals surface area (Å²) >= 11 is 11.9. The fraction of sp³-hybridized carbons (Fsp3) is 0.231. The van der Waals surface area contributed by atoms with E-state index in [1.165, 1.54) is 18.2 Å². The Hall–Kier alpha value is -1.52. The predicted octanol–water partition coefficient (Wildman–Crippen LogP) is 3.61. The standard InChI is InChI=1S/C13H12Cl2O4/c1-2-3-4-9(16)8-5-6-10(13(15)12(8)14)19-7-11(17)18/h3-6H,2,7H2,1H3,(H,17,18)/b4-3+. The van der Waals surface area contributed by atoms with Gasteiger partial charge in [0.1, 0.15) is 10.8 Å². The zero-order valence-corrected chi connectivity index (χ0v) is 11.7. The van der Waals surface area contributed by atoms with Crippen molar-refractivity contribution in [3.05, 3.63) is 39.9 Å². The van der Waals surface area contributed by atoms with Gasteiger partial charge in [-0.1, -0.05) is 36.2 Å². The number of hydrogen-bond acceptors (Lipinski definition) is 3. The summed E-state index contributed by atoms with van der Waals surface area (Å²) in [5.41, 5.74) is 0.249. The number of carbonyl (C=O) groups excluding carboxylic acids is 1. The molecule has 1 rings (SSSR count). The van der Waals surface area contributed by atoms with Gasteiger partial charge in [-0.05, 0) is 24.6 Å². The number of allylic oxidation sites excluding steroid dienone is 2. The number of carboxylic acid groups (broad SMARTS) is 1. The van der Waals surface area contributed by atoms with Crippen LogP contribution in [0.5, 0.6) is 5.75 Å². The Labute approximate surface area is 120 Å². The van der Waals surface area contributed by atoms with E-state index < -0.39 is 12.6 Å². The molecule has 0 aliphatic carbocycles. The van der Waals surface area contributed by atoms with E-state index in [2.05, 4.69) is 0 Å². The third kappa shape index (κ3) is 4.26. The summed E-state index contributed by atoms with van der Waals surface area (Å²) in [5.74, 6) is -1.26. The van der Waals surface area contributed by atoms with Crippen LogP contribution < -0.4 is 4.74 Å². The number of rotatable bonds is 6. The summed E-state index contributed by atoms with van der Waals surface area (Å²) in [4.78, 5) is 22.2. The Bertz CT molecular complexity index is 524. The van der Waals surface area contributed by atoms with E-state index in [4.69, 9.17) is 33.0 Å². The summed E-state index contributed by atoms with van der Waals surface area (Å²) in [6.45, 7) is 1.38. The molecule has 6 heteroatoms. The van der Waals surface area contributed by atoms with Gasteiger partial charge >= 0.3 is 5.97 Å².